The average Bonchev–Trinajstić information content (AvgIpc) is 3.20. The number of hydrogen-bond acceptors (Lipinski definition) is 4. The molecule has 1 unspecified atom stereocenters. The Morgan fingerprint density at radius 3 is 2.53 bits per heavy atom. The van der Waals surface area contributed by atoms with Gasteiger partial charge in [-0.25, -0.2) is 4.79 Å². The zero-order valence-corrected chi connectivity index (χ0v) is 18.4. The fraction of sp³-hybridized carbons (Fsp3) is 0.478. The van der Waals surface area contributed by atoms with E-state index >= 15 is 0 Å². The molecule has 7 nitrogen and oxygen atoms in total. The number of benzene rings is 1. The number of carbonyl (C=O) groups excluding carboxylic acids is 1. The lowest BCUT2D eigenvalue weighted by atomic mass is 10.1. The van der Waals surface area contributed by atoms with Gasteiger partial charge in [0.05, 0.1) is 12.3 Å². The van der Waals surface area contributed by atoms with Crippen molar-refractivity contribution in [1.29, 1.82) is 0 Å². The van der Waals surface area contributed by atoms with Crippen LogP contribution in [-0.2, 0) is 11.2 Å². The maximum atomic E-state index is 11.7. The molecule has 0 saturated heterocycles. The maximum Gasteiger partial charge on any atom is 0.407 e. The van der Waals surface area contributed by atoms with Gasteiger partial charge in [0.15, 0.2) is 5.96 Å². The molecule has 1 heterocycles. The van der Waals surface area contributed by atoms with E-state index in [1.54, 1.807) is 6.26 Å². The quantitative estimate of drug-likeness (QED) is 0.328. The third-order valence-corrected chi connectivity index (χ3v) is 4.17. The number of ether oxygens (including phenoxy) is 1. The van der Waals surface area contributed by atoms with E-state index in [2.05, 4.69) is 40.0 Å². The number of alkyl carbamates (subject to hydrolysis) is 1. The van der Waals surface area contributed by atoms with Crippen molar-refractivity contribution < 1.29 is 13.9 Å². The number of rotatable bonds is 9. The van der Waals surface area contributed by atoms with Crippen LogP contribution >= 0.6 is 0 Å². The Labute approximate surface area is 179 Å². The first-order chi connectivity index (χ1) is 14.3. The van der Waals surface area contributed by atoms with Crippen LogP contribution in [-0.4, -0.2) is 37.3 Å². The first-order valence-corrected chi connectivity index (χ1v) is 10.4. The molecule has 164 valence electrons. The summed E-state index contributed by atoms with van der Waals surface area (Å²) in [7, 11) is 0. The molecule has 0 aliphatic rings. The normalized spacial score (nSPS) is 12.9. The molecule has 0 radical (unpaired) electrons. The van der Waals surface area contributed by atoms with Crippen molar-refractivity contribution in [2.45, 2.75) is 52.2 Å². The molecule has 2 rings (SSSR count). The van der Waals surface area contributed by atoms with Gasteiger partial charge in [-0.05, 0) is 51.8 Å². The summed E-state index contributed by atoms with van der Waals surface area (Å²) in [6.07, 6.45) is 2.76. The minimum Gasteiger partial charge on any atom is -0.469 e. The molecule has 0 aliphatic carbocycles. The van der Waals surface area contributed by atoms with Crippen LogP contribution in [0.15, 0.2) is 58.1 Å². The summed E-state index contributed by atoms with van der Waals surface area (Å²) in [5, 5.41) is 9.55. The van der Waals surface area contributed by atoms with Crippen LogP contribution in [0.2, 0.25) is 0 Å². The highest BCUT2D eigenvalue weighted by molar-refractivity contribution is 5.80. The van der Waals surface area contributed by atoms with E-state index in [9.17, 15) is 4.79 Å². The number of amides is 1. The summed E-state index contributed by atoms with van der Waals surface area (Å²) >= 11 is 0. The number of guanidine groups is 1. The highest BCUT2D eigenvalue weighted by Crippen LogP contribution is 2.11. The van der Waals surface area contributed by atoms with E-state index in [0.717, 1.165) is 18.1 Å². The largest absolute Gasteiger partial charge is 0.469 e. The van der Waals surface area contributed by atoms with Gasteiger partial charge in [-0.2, -0.15) is 0 Å². The second-order valence-corrected chi connectivity index (χ2v) is 8.05. The van der Waals surface area contributed by atoms with Gasteiger partial charge >= 0.3 is 6.09 Å². The monoisotopic (exact) mass is 414 g/mol. The zero-order valence-electron chi connectivity index (χ0n) is 18.4. The van der Waals surface area contributed by atoms with Crippen molar-refractivity contribution >= 4 is 12.1 Å². The third-order valence-electron chi connectivity index (χ3n) is 4.17. The Kier molecular flexibility index (Phi) is 9.25. The second-order valence-electron chi connectivity index (χ2n) is 8.05. The fourth-order valence-corrected chi connectivity index (χ4v) is 2.72. The molecule has 1 aromatic carbocycles. The number of nitrogens with zero attached hydrogens (tertiary/aromatic N) is 1. The Balaban J connectivity index is 1.83. The van der Waals surface area contributed by atoms with E-state index in [-0.39, 0.29) is 6.04 Å². The van der Waals surface area contributed by atoms with Gasteiger partial charge < -0.3 is 25.1 Å². The fourth-order valence-electron chi connectivity index (χ4n) is 2.72. The lowest BCUT2D eigenvalue weighted by Crippen LogP contribution is -2.40. The molecule has 0 spiro atoms. The van der Waals surface area contributed by atoms with Crippen LogP contribution < -0.4 is 16.0 Å². The van der Waals surface area contributed by atoms with Crippen molar-refractivity contribution in [3.8, 4) is 0 Å². The average molecular weight is 415 g/mol. The molecule has 0 bridgehead atoms. The molecule has 0 aliphatic heterocycles. The molecular weight excluding hydrogens is 380 g/mol. The summed E-state index contributed by atoms with van der Waals surface area (Å²) in [5.41, 5.74) is 0.690. The Bertz CT molecular complexity index is 768. The summed E-state index contributed by atoms with van der Waals surface area (Å²) in [6.45, 7) is 9.42. The second kappa shape index (κ2) is 11.9. The van der Waals surface area contributed by atoms with Crippen molar-refractivity contribution in [2.24, 2.45) is 4.99 Å². The highest BCUT2D eigenvalue weighted by Gasteiger charge is 2.15. The van der Waals surface area contributed by atoms with Gasteiger partial charge in [0, 0.05) is 26.1 Å². The topological polar surface area (TPSA) is 87.9 Å². The van der Waals surface area contributed by atoms with E-state index in [0.29, 0.717) is 26.1 Å². The van der Waals surface area contributed by atoms with Gasteiger partial charge in [0.25, 0.3) is 0 Å². The SMILES string of the molecule is CC(NC(=NCCCNC(=O)OC(C)(C)C)NCCc1ccco1)c1ccccc1. The van der Waals surface area contributed by atoms with Crippen LogP contribution in [0.5, 0.6) is 0 Å². The number of hydrogen-bond donors (Lipinski definition) is 3. The molecule has 30 heavy (non-hydrogen) atoms. The van der Waals surface area contributed by atoms with E-state index in [1.807, 2.05) is 51.1 Å². The van der Waals surface area contributed by atoms with Gasteiger partial charge in [0.1, 0.15) is 11.4 Å². The molecular formula is C23H34N4O3. The Hall–Kier alpha value is -2.96. The minimum atomic E-state index is -0.495. The summed E-state index contributed by atoms with van der Waals surface area (Å²) in [6, 6.07) is 14.2. The molecule has 0 saturated carbocycles. The Morgan fingerprint density at radius 2 is 1.87 bits per heavy atom. The molecule has 7 heteroatoms. The van der Waals surface area contributed by atoms with E-state index in [4.69, 9.17) is 9.15 Å². The van der Waals surface area contributed by atoms with Crippen LogP contribution in [0.25, 0.3) is 0 Å². The molecule has 0 fully saturated rings. The molecule has 1 atom stereocenters. The standard InChI is InChI=1S/C23H34N4O3/c1-18(19-10-6-5-7-11-19)27-21(25-16-13-20-12-8-17-29-20)24-14-9-15-26-22(28)30-23(2,3)4/h5-8,10-12,17-18H,9,13-16H2,1-4H3,(H,26,28)(H2,24,25,27). The van der Waals surface area contributed by atoms with Gasteiger partial charge in [-0.3, -0.25) is 4.99 Å². The van der Waals surface area contributed by atoms with Crippen molar-refractivity contribution in [1.82, 2.24) is 16.0 Å². The van der Waals surface area contributed by atoms with Crippen LogP contribution in [0.4, 0.5) is 4.79 Å². The smallest absolute Gasteiger partial charge is 0.407 e. The lowest BCUT2D eigenvalue weighted by molar-refractivity contribution is 0.0527. The van der Waals surface area contributed by atoms with Gasteiger partial charge in [-0.1, -0.05) is 30.3 Å². The molecule has 2 aromatic rings. The number of carbonyl (C=O) groups is 1. The molecule has 1 amide bonds. The summed E-state index contributed by atoms with van der Waals surface area (Å²) < 4.78 is 10.6. The first-order valence-electron chi connectivity index (χ1n) is 10.4. The van der Waals surface area contributed by atoms with Crippen LogP contribution in [0, 0.1) is 0 Å². The minimum absolute atomic E-state index is 0.112. The van der Waals surface area contributed by atoms with Crippen LogP contribution in [0.1, 0.15) is 51.5 Å². The van der Waals surface area contributed by atoms with Crippen molar-refractivity contribution in [3.05, 3.63) is 60.1 Å². The third kappa shape index (κ3) is 9.49. The molecule has 3 N–H and O–H groups in total. The highest BCUT2D eigenvalue weighted by atomic mass is 16.6. The number of aliphatic imine (C=N–C) groups is 1. The number of furan rings is 1. The molecule has 1 aromatic heterocycles. The zero-order chi connectivity index (χ0) is 21.8. The van der Waals surface area contributed by atoms with Crippen molar-refractivity contribution in [3.63, 3.8) is 0 Å². The van der Waals surface area contributed by atoms with Crippen molar-refractivity contribution in [2.75, 3.05) is 19.6 Å². The summed E-state index contributed by atoms with van der Waals surface area (Å²) in [5.74, 6) is 1.66. The predicted octanol–water partition coefficient (Wildman–Crippen LogP) is 4.03. The lowest BCUT2D eigenvalue weighted by Gasteiger charge is -2.20. The van der Waals surface area contributed by atoms with E-state index < -0.39 is 11.7 Å². The Morgan fingerprint density at radius 1 is 1.10 bits per heavy atom. The maximum absolute atomic E-state index is 11.7. The first kappa shape index (κ1) is 23.3. The van der Waals surface area contributed by atoms with E-state index in [1.165, 1.54) is 5.56 Å². The summed E-state index contributed by atoms with van der Waals surface area (Å²) in [4.78, 5) is 16.4. The van der Waals surface area contributed by atoms with Crippen LogP contribution in [0.3, 0.4) is 0 Å². The predicted molar refractivity (Wildman–Crippen MR) is 120 cm³/mol. The van der Waals surface area contributed by atoms with Gasteiger partial charge in [0.2, 0.25) is 0 Å². The number of nitrogens with one attached hydrogen (secondary N) is 3. The van der Waals surface area contributed by atoms with Gasteiger partial charge in [-0.15, -0.1) is 0 Å².